The highest BCUT2D eigenvalue weighted by Crippen LogP contribution is 2.33. The van der Waals surface area contributed by atoms with Crippen molar-refractivity contribution in [2.45, 2.75) is 63.6 Å². The van der Waals surface area contributed by atoms with Gasteiger partial charge in [-0.3, -0.25) is 4.79 Å². The van der Waals surface area contributed by atoms with Crippen molar-refractivity contribution in [1.29, 1.82) is 0 Å². The summed E-state index contributed by atoms with van der Waals surface area (Å²) in [6.45, 7) is 4.47. The third-order valence-corrected chi connectivity index (χ3v) is 4.42. The summed E-state index contributed by atoms with van der Waals surface area (Å²) in [5.41, 5.74) is 5.04. The highest BCUT2D eigenvalue weighted by molar-refractivity contribution is 5.85. The van der Waals surface area contributed by atoms with Gasteiger partial charge < -0.3 is 16.0 Å². The van der Waals surface area contributed by atoms with Crippen LogP contribution in [0.4, 0.5) is 0 Å². The van der Waals surface area contributed by atoms with Gasteiger partial charge in [0, 0.05) is 12.1 Å². The molecular formula is C13H27N3O. The smallest absolute Gasteiger partial charge is 0.237 e. The van der Waals surface area contributed by atoms with Crippen LogP contribution in [0.5, 0.6) is 0 Å². The SMILES string of the molecule is CCCC(C)N(C)C1CCC(NC)(C(N)=O)C1. The van der Waals surface area contributed by atoms with Crippen molar-refractivity contribution in [3.8, 4) is 0 Å². The Morgan fingerprint density at radius 2 is 2.29 bits per heavy atom. The van der Waals surface area contributed by atoms with Crippen molar-refractivity contribution in [3.63, 3.8) is 0 Å². The van der Waals surface area contributed by atoms with Crippen LogP contribution >= 0.6 is 0 Å². The standard InChI is InChI=1S/C13H27N3O/c1-5-6-10(2)16(4)11-7-8-13(9-11,15-3)12(14)17/h10-11,15H,5-9H2,1-4H3,(H2,14,17). The number of nitrogens with two attached hydrogens (primary N) is 1. The molecular weight excluding hydrogens is 214 g/mol. The Morgan fingerprint density at radius 3 is 2.71 bits per heavy atom. The monoisotopic (exact) mass is 241 g/mol. The molecule has 0 aliphatic heterocycles. The van der Waals surface area contributed by atoms with E-state index in [0.717, 1.165) is 19.3 Å². The largest absolute Gasteiger partial charge is 0.368 e. The van der Waals surface area contributed by atoms with Crippen molar-refractivity contribution < 1.29 is 4.79 Å². The lowest BCUT2D eigenvalue weighted by Crippen LogP contribution is -2.53. The van der Waals surface area contributed by atoms with Gasteiger partial charge in [-0.05, 0) is 46.7 Å². The number of amides is 1. The van der Waals surface area contributed by atoms with Gasteiger partial charge in [-0.2, -0.15) is 0 Å². The molecule has 0 aromatic heterocycles. The maximum atomic E-state index is 11.6. The van der Waals surface area contributed by atoms with Crippen LogP contribution in [0.15, 0.2) is 0 Å². The zero-order valence-electron chi connectivity index (χ0n) is 11.6. The lowest BCUT2D eigenvalue weighted by atomic mass is 9.96. The summed E-state index contributed by atoms with van der Waals surface area (Å²) in [7, 11) is 4.00. The minimum Gasteiger partial charge on any atom is -0.368 e. The summed E-state index contributed by atoms with van der Waals surface area (Å²) in [6, 6.07) is 1.04. The van der Waals surface area contributed by atoms with Crippen molar-refractivity contribution in [3.05, 3.63) is 0 Å². The molecule has 3 atom stereocenters. The van der Waals surface area contributed by atoms with Crippen molar-refractivity contribution in [2.75, 3.05) is 14.1 Å². The summed E-state index contributed by atoms with van der Waals surface area (Å²) in [5, 5.41) is 3.13. The lowest BCUT2D eigenvalue weighted by Gasteiger charge is -2.32. The maximum absolute atomic E-state index is 11.6. The van der Waals surface area contributed by atoms with Crippen LogP contribution in [0.2, 0.25) is 0 Å². The van der Waals surface area contributed by atoms with Gasteiger partial charge in [0.1, 0.15) is 0 Å². The predicted molar refractivity (Wildman–Crippen MR) is 70.8 cm³/mol. The van der Waals surface area contributed by atoms with Crippen LogP contribution in [0.3, 0.4) is 0 Å². The number of nitrogens with one attached hydrogen (secondary N) is 1. The molecule has 1 rings (SSSR count). The molecule has 100 valence electrons. The molecule has 4 nitrogen and oxygen atoms in total. The molecule has 0 bridgehead atoms. The van der Waals surface area contributed by atoms with Gasteiger partial charge in [-0.1, -0.05) is 13.3 Å². The molecule has 0 radical (unpaired) electrons. The number of nitrogens with zero attached hydrogens (tertiary/aromatic N) is 1. The van der Waals surface area contributed by atoms with Crippen LogP contribution in [-0.2, 0) is 4.79 Å². The first-order chi connectivity index (χ1) is 7.96. The molecule has 3 N–H and O–H groups in total. The number of carbonyl (C=O) groups is 1. The highest BCUT2D eigenvalue weighted by Gasteiger charge is 2.44. The van der Waals surface area contributed by atoms with Gasteiger partial charge in [-0.15, -0.1) is 0 Å². The molecule has 0 aromatic rings. The Hall–Kier alpha value is -0.610. The highest BCUT2D eigenvalue weighted by atomic mass is 16.1. The fourth-order valence-corrected chi connectivity index (χ4v) is 2.92. The number of rotatable bonds is 6. The molecule has 17 heavy (non-hydrogen) atoms. The summed E-state index contributed by atoms with van der Waals surface area (Å²) < 4.78 is 0. The van der Waals surface area contributed by atoms with Gasteiger partial charge in [-0.25, -0.2) is 0 Å². The van der Waals surface area contributed by atoms with E-state index in [1.807, 2.05) is 7.05 Å². The molecule has 0 aromatic carbocycles. The molecule has 3 unspecified atom stereocenters. The molecule has 1 aliphatic carbocycles. The second-order valence-corrected chi connectivity index (χ2v) is 5.40. The molecule has 1 fully saturated rings. The minimum absolute atomic E-state index is 0.209. The molecule has 0 spiro atoms. The van der Waals surface area contributed by atoms with Gasteiger partial charge in [0.05, 0.1) is 5.54 Å². The first-order valence-electron chi connectivity index (χ1n) is 6.67. The Bertz CT molecular complexity index is 269. The Morgan fingerprint density at radius 1 is 1.65 bits per heavy atom. The van der Waals surface area contributed by atoms with Crippen molar-refractivity contribution in [2.24, 2.45) is 5.73 Å². The molecule has 0 heterocycles. The summed E-state index contributed by atoms with van der Waals surface area (Å²) in [4.78, 5) is 14.0. The fourth-order valence-electron chi connectivity index (χ4n) is 2.92. The van der Waals surface area contributed by atoms with Gasteiger partial charge >= 0.3 is 0 Å². The number of likely N-dealkylation sites (N-methyl/N-ethyl adjacent to an activating group) is 1. The normalized spacial score (nSPS) is 30.8. The van der Waals surface area contributed by atoms with Gasteiger partial charge in [0.2, 0.25) is 5.91 Å². The van der Waals surface area contributed by atoms with Crippen molar-refractivity contribution in [1.82, 2.24) is 10.2 Å². The summed E-state index contributed by atoms with van der Waals surface area (Å²) >= 11 is 0. The second kappa shape index (κ2) is 5.83. The number of hydrogen-bond acceptors (Lipinski definition) is 3. The van der Waals surface area contributed by atoms with Crippen LogP contribution in [0.1, 0.15) is 46.0 Å². The van der Waals surface area contributed by atoms with E-state index in [2.05, 4.69) is 31.1 Å². The maximum Gasteiger partial charge on any atom is 0.237 e. The summed E-state index contributed by atoms with van der Waals surface area (Å²) in [6.07, 6.45) is 5.14. The third-order valence-electron chi connectivity index (χ3n) is 4.42. The summed E-state index contributed by atoms with van der Waals surface area (Å²) in [5.74, 6) is -0.209. The lowest BCUT2D eigenvalue weighted by molar-refractivity contribution is -0.124. The first kappa shape index (κ1) is 14.5. The first-order valence-corrected chi connectivity index (χ1v) is 6.67. The van der Waals surface area contributed by atoms with Crippen LogP contribution in [0, 0.1) is 0 Å². The molecule has 1 saturated carbocycles. The Labute approximate surface area is 105 Å². The molecule has 1 amide bonds. The van der Waals surface area contributed by atoms with E-state index in [0.29, 0.717) is 12.1 Å². The van der Waals surface area contributed by atoms with E-state index in [1.54, 1.807) is 0 Å². The van der Waals surface area contributed by atoms with Gasteiger partial charge in [0.15, 0.2) is 0 Å². The number of hydrogen-bond donors (Lipinski definition) is 2. The van der Waals surface area contributed by atoms with Crippen LogP contribution in [-0.4, -0.2) is 42.5 Å². The average molecular weight is 241 g/mol. The van der Waals surface area contributed by atoms with E-state index in [4.69, 9.17) is 5.73 Å². The van der Waals surface area contributed by atoms with Crippen LogP contribution < -0.4 is 11.1 Å². The van der Waals surface area contributed by atoms with Crippen molar-refractivity contribution >= 4 is 5.91 Å². The van der Waals surface area contributed by atoms with Gasteiger partial charge in [0.25, 0.3) is 0 Å². The Kier molecular flexibility index (Phi) is 4.95. The number of carbonyl (C=O) groups excluding carboxylic acids is 1. The zero-order chi connectivity index (χ0) is 13.1. The Balaban J connectivity index is 2.63. The second-order valence-electron chi connectivity index (χ2n) is 5.40. The minimum atomic E-state index is -0.481. The molecule has 4 heteroatoms. The third kappa shape index (κ3) is 2.99. The zero-order valence-corrected chi connectivity index (χ0v) is 11.6. The molecule has 1 aliphatic rings. The van der Waals surface area contributed by atoms with E-state index in [9.17, 15) is 4.79 Å². The average Bonchev–Trinajstić information content (AvgIpc) is 2.74. The van der Waals surface area contributed by atoms with Crippen LogP contribution in [0.25, 0.3) is 0 Å². The quantitative estimate of drug-likeness (QED) is 0.732. The van der Waals surface area contributed by atoms with E-state index in [-0.39, 0.29) is 5.91 Å². The fraction of sp³-hybridized carbons (Fsp3) is 0.923. The van der Waals surface area contributed by atoms with E-state index in [1.165, 1.54) is 12.8 Å². The topological polar surface area (TPSA) is 58.4 Å². The predicted octanol–water partition coefficient (Wildman–Crippen LogP) is 1.10. The molecule has 0 saturated heterocycles. The van der Waals surface area contributed by atoms with E-state index < -0.39 is 5.54 Å². The van der Waals surface area contributed by atoms with E-state index >= 15 is 0 Å². The number of primary amides is 1.